The van der Waals surface area contributed by atoms with E-state index in [0.29, 0.717) is 5.69 Å². The fourth-order valence-electron chi connectivity index (χ4n) is 1.60. The lowest BCUT2D eigenvalue weighted by Crippen LogP contribution is -2.07. The van der Waals surface area contributed by atoms with E-state index in [0.717, 1.165) is 16.1 Å². The van der Waals surface area contributed by atoms with E-state index in [4.69, 9.17) is 0 Å². The van der Waals surface area contributed by atoms with Crippen LogP contribution in [-0.4, -0.2) is 17.5 Å². The van der Waals surface area contributed by atoms with Gasteiger partial charge in [-0.25, -0.2) is 0 Å². The number of aromatic hydroxyl groups is 1. The highest BCUT2D eigenvalue weighted by molar-refractivity contribution is 6.01. The van der Waals surface area contributed by atoms with Gasteiger partial charge in [-0.1, -0.05) is 0 Å². The highest BCUT2D eigenvalue weighted by atomic mass is 16.3. The van der Waals surface area contributed by atoms with Gasteiger partial charge in [0.25, 0.3) is 0 Å². The second-order valence-electron chi connectivity index (χ2n) is 2.99. The van der Waals surface area contributed by atoms with Crippen LogP contribution in [-0.2, 0) is 0 Å². The quantitative estimate of drug-likeness (QED) is 0.601. The number of rotatable bonds is 0. The van der Waals surface area contributed by atoms with E-state index < -0.39 is 0 Å². The Morgan fingerprint density at radius 1 is 1.08 bits per heavy atom. The van der Waals surface area contributed by atoms with Crippen LogP contribution < -0.4 is 10.4 Å². The summed E-state index contributed by atoms with van der Waals surface area (Å²) in [6.07, 6.45) is 7.02. The van der Waals surface area contributed by atoms with Crippen molar-refractivity contribution in [3.63, 3.8) is 0 Å². The van der Waals surface area contributed by atoms with E-state index in [1.165, 1.54) is 0 Å². The van der Waals surface area contributed by atoms with E-state index >= 15 is 0 Å². The van der Waals surface area contributed by atoms with Crippen molar-refractivity contribution >= 4 is 36.0 Å². The smallest absolute Gasteiger partial charge is 0.151 e. The second-order valence-corrected chi connectivity index (χ2v) is 2.99. The lowest BCUT2D eigenvalue weighted by molar-refractivity contribution is 0.473. The SMILES string of the molecule is Oc1c2c(cc3c1=CC=N3)=CC=N2. The molecular weight excluding hydrogens is 164 g/mol. The molecule has 1 aromatic rings. The molecule has 0 fully saturated rings. The van der Waals surface area contributed by atoms with Gasteiger partial charge in [0.2, 0.25) is 0 Å². The van der Waals surface area contributed by atoms with E-state index in [2.05, 4.69) is 9.98 Å². The largest absolute Gasteiger partial charge is 0.505 e. The van der Waals surface area contributed by atoms with Crippen molar-refractivity contribution < 1.29 is 5.11 Å². The monoisotopic (exact) mass is 170 g/mol. The van der Waals surface area contributed by atoms with Crippen LogP contribution >= 0.6 is 0 Å². The lowest BCUT2D eigenvalue weighted by atomic mass is 10.2. The maximum Gasteiger partial charge on any atom is 0.151 e. The minimum absolute atomic E-state index is 0.231. The first-order valence-electron chi connectivity index (χ1n) is 4.01. The highest BCUT2D eigenvalue weighted by Gasteiger charge is 2.11. The molecule has 62 valence electrons. The third-order valence-electron chi connectivity index (χ3n) is 2.23. The van der Waals surface area contributed by atoms with Crippen molar-refractivity contribution in [3.8, 4) is 5.75 Å². The number of aliphatic imine (C=N–C) groups is 2. The molecule has 0 atom stereocenters. The van der Waals surface area contributed by atoms with Crippen molar-refractivity contribution in [2.45, 2.75) is 0 Å². The number of fused-ring (bicyclic) bond motifs is 2. The van der Waals surface area contributed by atoms with Crippen molar-refractivity contribution in [2.75, 3.05) is 0 Å². The van der Waals surface area contributed by atoms with Crippen LogP contribution in [0.2, 0.25) is 0 Å². The first kappa shape index (κ1) is 6.60. The van der Waals surface area contributed by atoms with Crippen LogP contribution in [0.25, 0.3) is 12.2 Å². The molecule has 0 aliphatic carbocycles. The van der Waals surface area contributed by atoms with Crippen LogP contribution in [0.3, 0.4) is 0 Å². The maximum absolute atomic E-state index is 9.79. The average Bonchev–Trinajstić information content (AvgIpc) is 2.71. The molecule has 0 bridgehead atoms. The second kappa shape index (κ2) is 2.07. The zero-order valence-electron chi connectivity index (χ0n) is 6.73. The van der Waals surface area contributed by atoms with E-state index in [-0.39, 0.29) is 5.75 Å². The summed E-state index contributed by atoms with van der Waals surface area (Å²) in [4.78, 5) is 8.19. The summed E-state index contributed by atoms with van der Waals surface area (Å²) in [6, 6.07) is 1.93. The Balaban J connectivity index is 2.56. The summed E-state index contributed by atoms with van der Waals surface area (Å²) in [7, 11) is 0. The third kappa shape index (κ3) is 0.731. The molecule has 0 amide bonds. The van der Waals surface area contributed by atoms with E-state index in [1.54, 1.807) is 18.5 Å². The Kier molecular flexibility index (Phi) is 1.05. The molecular formula is C10H6N2O. The standard InChI is InChI=1S/C10H6N2O/c13-10-7-2-4-11-8(7)5-6-1-3-12-9(6)10/h1-5,13H. The van der Waals surface area contributed by atoms with Crippen LogP contribution in [0.15, 0.2) is 16.1 Å². The Morgan fingerprint density at radius 3 is 2.85 bits per heavy atom. The number of phenols is 1. The summed E-state index contributed by atoms with van der Waals surface area (Å²) in [5.74, 6) is 0.231. The summed E-state index contributed by atoms with van der Waals surface area (Å²) in [5, 5.41) is 11.5. The fraction of sp³-hybridized carbons (Fsp3) is 0. The average molecular weight is 170 g/mol. The van der Waals surface area contributed by atoms with E-state index in [1.807, 2.05) is 12.1 Å². The Hall–Kier alpha value is -1.90. The normalized spacial score (nSPS) is 15.1. The molecule has 13 heavy (non-hydrogen) atoms. The van der Waals surface area contributed by atoms with Crippen LogP contribution in [0.5, 0.6) is 5.75 Å². The predicted octanol–water partition coefficient (Wildman–Crippen LogP) is 0.385. The minimum Gasteiger partial charge on any atom is -0.505 e. The minimum atomic E-state index is 0.231. The van der Waals surface area contributed by atoms with Crippen molar-refractivity contribution in [1.82, 2.24) is 0 Å². The van der Waals surface area contributed by atoms with Crippen LogP contribution in [0.4, 0.5) is 11.4 Å². The van der Waals surface area contributed by atoms with Gasteiger partial charge in [-0.3, -0.25) is 9.98 Å². The number of hydrogen-bond acceptors (Lipinski definition) is 3. The number of benzene rings is 1. The third-order valence-corrected chi connectivity index (χ3v) is 2.23. The molecule has 1 aromatic carbocycles. The molecule has 0 unspecified atom stereocenters. The van der Waals surface area contributed by atoms with E-state index in [9.17, 15) is 5.11 Å². The molecule has 0 radical (unpaired) electrons. The summed E-state index contributed by atoms with van der Waals surface area (Å²) < 4.78 is 0. The number of phenolic OH excluding ortho intramolecular Hbond substituents is 1. The molecule has 0 spiro atoms. The van der Waals surface area contributed by atoms with Gasteiger partial charge < -0.3 is 5.11 Å². The highest BCUT2D eigenvalue weighted by Crippen LogP contribution is 2.23. The molecule has 3 heteroatoms. The molecule has 3 rings (SSSR count). The molecule has 2 heterocycles. The van der Waals surface area contributed by atoms with Gasteiger partial charge in [0.1, 0.15) is 5.69 Å². The predicted molar refractivity (Wildman–Crippen MR) is 52.6 cm³/mol. The maximum atomic E-state index is 9.79. The summed E-state index contributed by atoms with van der Waals surface area (Å²) >= 11 is 0. The zero-order chi connectivity index (χ0) is 8.84. The molecule has 2 aliphatic heterocycles. The first-order chi connectivity index (χ1) is 6.36. The fourth-order valence-corrected chi connectivity index (χ4v) is 1.60. The van der Waals surface area contributed by atoms with Gasteiger partial charge in [-0.05, 0) is 18.2 Å². The Bertz CT molecular complexity index is 568. The lowest BCUT2D eigenvalue weighted by Gasteiger charge is -1.98. The first-order valence-corrected chi connectivity index (χ1v) is 4.01. The van der Waals surface area contributed by atoms with Gasteiger partial charge in [-0.15, -0.1) is 0 Å². The topological polar surface area (TPSA) is 45.0 Å². The molecule has 0 saturated carbocycles. The number of hydrogen-bond donors (Lipinski definition) is 1. The van der Waals surface area contributed by atoms with Crippen molar-refractivity contribution in [1.29, 1.82) is 0 Å². The van der Waals surface area contributed by atoms with Gasteiger partial charge in [0, 0.05) is 22.9 Å². The van der Waals surface area contributed by atoms with Crippen LogP contribution in [0.1, 0.15) is 0 Å². The molecule has 0 saturated heterocycles. The molecule has 2 aliphatic rings. The van der Waals surface area contributed by atoms with Gasteiger partial charge in [0.05, 0.1) is 5.69 Å². The molecule has 1 N–H and O–H groups in total. The number of nitrogens with zero attached hydrogens (tertiary/aromatic N) is 2. The Morgan fingerprint density at radius 2 is 1.92 bits per heavy atom. The van der Waals surface area contributed by atoms with Gasteiger partial charge in [-0.2, -0.15) is 0 Å². The van der Waals surface area contributed by atoms with Crippen LogP contribution in [0, 0.1) is 0 Å². The summed E-state index contributed by atoms with van der Waals surface area (Å²) in [5.41, 5.74) is 1.47. The van der Waals surface area contributed by atoms with Gasteiger partial charge >= 0.3 is 0 Å². The molecule has 3 nitrogen and oxygen atoms in total. The molecule has 0 aromatic heterocycles. The summed E-state index contributed by atoms with van der Waals surface area (Å²) in [6.45, 7) is 0. The Labute approximate surface area is 74.1 Å². The van der Waals surface area contributed by atoms with Crippen molar-refractivity contribution in [3.05, 3.63) is 16.5 Å². The zero-order valence-corrected chi connectivity index (χ0v) is 6.73. The van der Waals surface area contributed by atoms with Crippen molar-refractivity contribution in [2.24, 2.45) is 9.98 Å². The van der Waals surface area contributed by atoms with Gasteiger partial charge in [0.15, 0.2) is 5.75 Å².